The van der Waals surface area contributed by atoms with Gasteiger partial charge in [0, 0.05) is 11.2 Å². The molecule has 9 heteroatoms. The number of aromatic nitrogens is 4. The van der Waals surface area contributed by atoms with Crippen molar-refractivity contribution < 1.29 is 19.8 Å². The average molecular weight is 409 g/mol. The Morgan fingerprint density at radius 2 is 1.66 bits per heavy atom. The summed E-state index contributed by atoms with van der Waals surface area (Å²) in [4.78, 5) is 25.2. The number of phenols is 1. The van der Waals surface area contributed by atoms with E-state index in [2.05, 4.69) is 10.2 Å². The van der Waals surface area contributed by atoms with E-state index in [1.807, 2.05) is 0 Å². The highest BCUT2D eigenvalue weighted by Gasteiger charge is 2.22. The molecule has 8 nitrogen and oxygen atoms in total. The molecule has 0 saturated carbocycles. The van der Waals surface area contributed by atoms with Crippen LogP contribution < -0.4 is 0 Å². The van der Waals surface area contributed by atoms with Gasteiger partial charge in [-0.3, -0.25) is 9.59 Å². The highest BCUT2D eigenvalue weighted by atomic mass is 35.5. The van der Waals surface area contributed by atoms with Crippen LogP contribution in [0.5, 0.6) is 11.5 Å². The second-order valence-electron chi connectivity index (χ2n) is 6.11. The van der Waals surface area contributed by atoms with Gasteiger partial charge >= 0.3 is 5.91 Å². The Balaban J connectivity index is 1.62. The fourth-order valence-electron chi connectivity index (χ4n) is 2.72. The number of phenolic OH excluding ortho intramolecular Hbond substituents is 1. The number of hydrogen-bond donors (Lipinski definition) is 2. The number of ketones is 1. The fraction of sp³-hybridized carbons (Fsp3) is 0. The van der Waals surface area contributed by atoms with Crippen molar-refractivity contribution in [2.75, 3.05) is 0 Å². The van der Waals surface area contributed by atoms with Gasteiger partial charge in [0.1, 0.15) is 5.75 Å². The number of carbonyl (C=O) groups is 2. The number of aromatic hydroxyl groups is 2. The largest absolute Gasteiger partial charge is 0.507 e. The molecular weight excluding hydrogens is 396 g/mol. The zero-order valence-electron chi connectivity index (χ0n) is 14.7. The van der Waals surface area contributed by atoms with Crippen molar-refractivity contribution in [3.8, 4) is 17.2 Å². The van der Waals surface area contributed by atoms with Crippen LogP contribution in [0.15, 0.2) is 67.1 Å². The molecule has 0 radical (unpaired) electrons. The Morgan fingerprint density at radius 1 is 0.931 bits per heavy atom. The number of halogens is 1. The first-order chi connectivity index (χ1) is 13.9. The lowest BCUT2D eigenvalue weighted by atomic mass is 10.1. The second-order valence-corrected chi connectivity index (χ2v) is 6.55. The topological polar surface area (TPSA) is 110 Å². The average Bonchev–Trinajstić information content (AvgIpc) is 3.35. The minimum absolute atomic E-state index is 0.0920. The van der Waals surface area contributed by atoms with Gasteiger partial charge in [-0.1, -0.05) is 23.7 Å². The molecule has 0 saturated heterocycles. The van der Waals surface area contributed by atoms with E-state index in [0.29, 0.717) is 10.7 Å². The maximum absolute atomic E-state index is 12.7. The van der Waals surface area contributed by atoms with Crippen LogP contribution in [0.4, 0.5) is 0 Å². The summed E-state index contributed by atoms with van der Waals surface area (Å²) in [6, 6.07) is 12.7. The molecule has 0 unspecified atom stereocenters. The van der Waals surface area contributed by atoms with Crippen LogP contribution in [0, 0.1) is 0 Å². The minimum atomic E-state index is -0.716. The van der Waals surface area contributed by atoms with Crippen molar-refractivity contribution in [2.24, 2.45) is 0 Å². The Morgan fingerprint density at radius 3 is 2.38 bits per heavy atom. The maximum atomic E-state index is 12.7. The summed E-state index contributed by atoms with van der Waals surface area (Å²) < 4.78 is 2.23. The predicted molar refractivity (Wildman–Crippen MR) is 104 cm³/mol. The van der Waals surface area contributed by atoms with Crippen molar-refractivity contribution in [1.82, 2.24) is 19.6 Å². The minimum Gasteiger partial charge on any atom is -0.507 e. The van der Waals surface area contributed by atoms with Gasteiger partial charge in [-0.15, -0.1) is 0 Å². The number of para-hydroxylation sites is 1. The molecule has 29 heavy (non-hydrogen) atoms. The first-order valence-corrected chi connectivity index (χ1v) is 8.78. The number of hydrogen-bond acceptors (Lipinski definition) is 6. The summed E-state index contributed by atoms with van der Waals surface area (Å²) in [5, 5.41) is 28.5. The van der Waals surface area contributed by atoms with Gasteiger partial charge in [0.2, 0.25) is 0 Å². The standard InChI is InChI=1S/C20H13ClN4O4/c21-13-5-7-14(8-6-13)24-11-17(27)18(23-24)20(29)25-10-12(9-22-25)19(28)15-3-1-2-4-16(15)26/h1-11,26-27H. The van der Waals surface area contributed by atoms with Crippen LogP contribution in [0.3, 0.4) is 0 Å². The lowest BCUT2D eigenvalue weighted by Gasteiger charge is -2.01. The van der Waals surface area contributed by atoms with E-state index in [0.717, 1.165) is 4.68 Å². The summed E-state index contributed by atoms with van der Waals surface area (Å²) in [7, 11) is 0. The lowest BCUT2D eigenvalue weighted by Crippen LogP contribution is -2.14. The normalized spacial score (nSPS) is 10.8. The van der Waals surface area contributed by atoms with Crippen LogP contribution in [-0.4, -0.2) is 41.5 Å². The summed E-state index contributed by atoms with van der Waals surface area (Å²) in [6.07, 6.45) is 3.71. The van der Waals surface area contributed by atoms with Gasteiger partial charge < -0.3 is 10.2 Å². The number of carbonyl (C=O) groups excluding carboxylic acids is 2. The van der Waals surface area contributed by atoms with E-state index >= 15 is 0 Å². The molecule has 4 rings (SSSR count). The molecule has 0 aliphatic heterocycles. The van der Waals surface area contributed by atoms with Crippen LogP contribution in [0.1, 0.15) is 26.4 Å². The number of rotatable bonds is 4. The molecule has 4 aromatic rings. The van der Waals surface area contributed by atoms with Crippen LogP contribution >= 0.6 is 11.6 Å². The van der Waals surface area contributed by atoms with Crippen molar-refractivity contribution in [3.63, 3.8) is 0 Å². The molecule has 144 valence electrons. The van der Waals surface area contributed by atoms with E-state index in [1.54, 1.807) is 36.4 Å². The summed E-state index contributed by atoms with van der Waals surface area (Å²) >= 11 is 5.86. The zero-order valence-corrected chi connectivity index (χ0v) is 15.5. The van der Waals surface area contributed by atoms with E-state index < -0.39 is 11.7 Å². The smallest absolute Gasteiger partial charge is 0.302 e. The van der Waals surface area contributed by atoms with Crippen molar-refractivity contribution in [1.29, 1.82) is 0 Å². The fourth-order valence-corrected chi connectivity index (χ4v) is 2.85. The monoisotopic (exact) mass is 408 g/mol. The van der Waals surface area contributed by atoms with Crippen molar-refractivity contribution in [2.45, 2.75) is 0 Å². The van der Waals surface area contributed by atoms with Crippen LogP contribution in [-0.2, 0) is 0 Å². The third-order valence-corrected chi connectivity index (χ3v) is 4.44. The zero-order chi connectivity index (χ0) is 20.5. The first-order valence-electron chi connectivity index (χ1n) is 8.40. The van der Waals surface area contributed by atoms with Crippen molar-refractivity contribution in [3.05, 3.63) is 89.0 Å². The summed E-state index contributed by atoms with van der Waals surface area (Å²) in [5.74, 6) is -1.71. The highest BCUT2D eigenvalue weighted by Crippen LogP contribution is 2.22. The molecule has 2 heterocycles. The van der Waals surface area contributed by atoms with Gasteiger partial charge in [-0.25, -0.2) is 9.36 Å². The van der Waals surface area contributed by atoms with Gasteiger partial charge in [0.15, 0.2) is 17.2 Å². The molecule has 2 aromatic carbocycles. The van der Waals surface area contributed by atoms with Crippen molar-refractivity contribution >= 4 is 23.3 Å². The molecule has 0 amide bonds. The molecule has 0 bridgehead atoms. The highest BCUT2D eigenvalue weighted by molar-refractivity contribution is 6.30. The van der Waals surface area contributed by atoms with Gasteiger partial charge in [0.25, 0.3) is 0 Å². The molecule has 0 atom stereocenters. The molecule has 2 aromatic heterocycles. The molecule has 0 aliphatic carbocycles. The van der Waals surface area contributed by atoms with Gasteiger partial charge in [-0.05, 0) is 36.4 Å². The molecule has 2 N–H and O–H groups in total. The quantitative estimate of drug-likeness (QED) is 0.502. The first kappa shape index (κ1) is 18.5. The Labute approximate surface area is 169 Å². The van der Waals surface area contributed by atoms with E-state index in [1.165, 1.54) is 35.4 Å². The summed E-state index contributed by atoms with van der Waals surface area (Å²) in [5.41, 5.74) is 0.565. The second kappa shape index (κ2) is 7.25. The van der Waals surface area contributed by atoms with E-state index in [9.17, 15) is 19.8 Å². The van der Waals surface area contributed by atoms with Crippen LogP contribution in [0.25, 0.3) is 5.69 Å². The molecule has 0 spiro atoms. The number of nitrogens with zero attached hydrogens (tertiary/aromatic N) is 4. The Hall–Kier alpha value is -3.91. The van der Waals surface area contributed by atoms with E-state index in [-0.39, 0.29) is 28.3 Å². The van der Waals surface area contributed by atoms with Gasteiger partial charge in [-0.2, -0.15) is 10.2 Å². The Kier molecular flexibility index (Phi) is 4.61. The Bertz CT molecular complexity index is 1230. The third kappa shape index (κ3) is 3.48. The summed E-state index contributed by atoms with van der Waals surface area (Å²) in [6.45, 7) is 0. The predicted octanol–water partition coefficient (Wildman–Crippen LogP) is 3.05. The lowest BCUT2D eigenvalue weighted by molar-refractivity contribution is 0.0937. The molecular formula is C20H13ClN4O4. The third-order valence-electron chi connectivity index (χ3n) is 4.19. The maximum Gasteiger partial charge on any atom is 0.302 e. The van der Waals surface area contributed by atoms with Crippen LogP contribution in [0.2, 0.25) is 5.02 Å². The molecule has 0 fully saturated rings. The van der Waals surface area contributed by atoms with E-state index in [4.69, 9.17) is 11.6 Å². The molecule has 0 aliphatic rings. The SMILES string of the molecule is O=C(c1cnn(C(=O)c2nn(-c3ccc(Cl)cc3)cc2O)c1)c1ccccc1O. The number of benzene rings is 2. The van der Waals surface area contributed by atoms with Gasteiger partial charge in [0.05, 0.1) is 29.2 Å².